The molecule has 0 aromatic heterocycles. The van der Waals surface area contributed by atoms with E-state index in [1.165, 1.54) is 11.1 Å². The first-order valence-corrected chi connectivity index (χ1v) is 7.71. The number of ether oxygens (including phenoxy) is 3. The fraction of sp³-hybridized carbons (Fsp3) is 0.600. The van der Waals surface area contributed by atoms with Crippen LogP contribution in [-0.4, -0.2) is 38.9 Å². The van der Waals surface area contributed by atoms with Crippen LogP contribution in [0.15, 0.2) is 24.3 Å². The Bertz CT molecular complexity index is 344. The van der Waals surface area contributed by atoms with E-state index in [1.54, 1.807) is 7.11 Å². The van der Waals surface area contributed by atoms with Gasteiger partial charge in [-0.3, -0.25) is 0 Å². The minimum atomic E-state index is 0.110. The van der Waals surface area contributed by atoms with Gasteiger partial charge in [0.05, 0.1) is 19.3 Å². The lowest BCUT2D eigenvalue weighted by Crippen LogP contribution is -2.10. The van der Waals surface area contributed by atoms with E-state index in [4.69, 9.17) is 14.2 Å². The Morgan fingerprint density at radius 1 is 1.16 bits per heavy atom. The van der Waals surface area contributed by atoms with Crippen LogP contribution < -0.4 is 0 Å². The highest BCUT2D eigenvalue weighted by atomic mass is 79.9. The van der Waals surface area contributed by atoms with Crippen LogP contribution in [0.25, 0.3) is 0 Å². The van der Waals surface area contributed by atoms with E-state index >= 15 is 0 Å². The zero-order chi connectivity index (χ0) is 13.9. The molecule has 0 aliphatic heterocycles. The molecule has 0 radical (unpaired) electrons. The molecule has 0 aliphatic carbocycles. The van der Waals surface area contributed by atoms with Crippen molar-refractivity contribution in [3.8, 4) is 0 Å². The number of benzene rings is 1. The van der Waals surface area contributed by atoms with Gasteiger partial charge in [-0.1, -0.05) is 45.8 Å². The van der Waals surface area contributed by atoms with Gasteiger partial charge in [-0.2, -0.15) is 0 Å². The van der Waals surface area contributed by atoms with Gasteiger partial charge in [-0.15, -0.1) is 0 Å². The second-order valence-corrected chi connectivity index (χ2v) is 5.03. The number of hydrogen-bond donors (Lipinski definition) is 0. The number of aryl methyl sites for hydroxylation is 1. The molecule has 1 unspecified atom stereocenters. The van der Waals surface area contributed by atoms with Crippen LogP contribution in [0.2, 0.25) is 0 Å². The van der Waals surface area contributed by atoms with Gasteiger partial charge in [0.1, 0.15) is 0 Å². The molecule has 0 saturated carbocycles. The maximum Gasteiger partial charge on any atom is 0.0921 e. The molecule has 0 bridgehead atoms. The van der Waals surface area contributed by atoms with Crippen molar-refractivity contribution in [1.82, 2.24) is 0 Å². The summed E-state index contributed by atoms with van der Waals surface area (Å²) in [5.74, 6) is 0. The lowest BCUT2D eigenvalue weighted by atomic mass is 10.1. The third kappa shape index (κ3) is 7.06. The molecule has 1 rings (SSSR count). The first kappa shape index (κ1) is 16.6. The van der Waals surface area contributed by atoms with Crippen molar-refractivity contribution in [2.24, 2.45) is 0 Å². The normalized spacial score (nSPS) is 12.6. The Kier molecular flexibility index (Phi) is 9.08. The highest BCUT2D eigenvalue weighted by Gasteiger charge is 2.10. The van der Waals surface area contributed by atoms with Gasteiger partial charge < -0.3 is 14.2 Å². The molecule has 3 nitrogen and oxygen atoms in total. The van der Waals surface area contributed by atoms with Gasteiger partial charge in [0, 0.05) is 25.7 Å². The number of hydrogen-bond acceptors (Lipinski definition) is 3. The molecular formula is C15H23BrO3. The number of alkyl halides is 1. The zero-order valence-corrected chi connectivity index (χ0v) is 13.3. The number of halogens is 1. The molecule has 19 heavy (non-hydrogen) atoms. The predicted molar refractivity (Wildman–Crippen MR) is 81.0 cm³/mol. The summed E-state index contributed by atoms with van der Waals surface area (Å²) < 4.78 is 16.2. The molecule has 0 fully saturated rings. The van der Waals surface area contributed by atoms with E-state index in [2.05, 4.69) is 47.1 Å². The van der Waals surface area contributed by atoms with E-state index in [1.807, 2.05) is 0 Å². The lowest BCUT2D eigenvalue weighted by Gasteiger charge is -2.16. The summed E-state index contributed by atoms with van der Waals surface area (Å²) in [6.07, 6.45) is 1.01. The minimum absolute atomic E-state index is 0.110. The summed E-state index contributed by atoms with van der Waals surface area (Å²) in [5, 5.41) is 0.807. The van der Waals surface area contributed by atoms with Gasteiger partial charge in [0.25, 0.3) is 0 Å². The topological polar surface area (TPSA) is 27.7 Å². The van der Waals surface area contributed by atoms with Gasteiger partial charge in [0.2, 0.25) is 0 Å². The maximum absolute atomic E-state index is 5.88. The third-order valence-electron chi connectivity index (χ3n) is 2.74. The first-order chi connectivity index (χ1) is 9.27. The molecule has 0 heterocycles. The Labute approximate surface area is 124 Å². The summed E-state index contributed by atoms with van der Waals surface area (Å²) in [4.78, 5) is 0. The molecule has 0 saturated heterocycles. The smallest absolute Gasteiger partial charge is 0.0921 e. The lowest BCUT2D eigenvalue weighted by molar-refractivity contribution is 0.0316. The summed E-state index contributed by atoms with van der Waals surface area (Å²) in [6.45, 7) is 4.81. The Hall–Kier alpha value is -0.420. The van der Waals surface area contributed by atoms with Crippen molar-refractivity contribution in [2.75, 3.05) is 38.9 Å². The third-order valence-corrected chi connectivity index (χ3v) is 3.33. The minimum Gasteiger partial charge on any atom is -0.382 e. The van der Waals surface area contributed by atoms with Gasteiger partial charge in [-0.25, -0.2) is 0 Å². The molecule has 1 atom stereocenters. The second kappa shape index (κ2) is 10.4. The van der Waals surface area contributed by atoms with E-state index in [0.29, 0.717) is 26.4 Å². The standard InChI is InChI=1S/C15H23BrO3/c1-13-5-3-6-14(11-13)15(12-16)19-8-4-7-18-10-9-17-2/h3,5-6,11,15H,4,7-10,12H2,1-2H3. The van der Waals surface area contributed by atoms with Crippen LogP contribution in [0.4, 0.5) is 0 Å². The van der Waals surface area contributed by atoms with Crippen molar-refractivity contribution in [3.05, 3.63) is 35.4 Å². The fourth-order valence-electron chi connectivity index (χ4n) is 1.73. The van der Waals surface area contributed by atoms with E-state index < -0.39 is 0 Å². The molecule has 0 amide bonds. The fourth-order valence-corrected chi connectivity index (χ4v) is 2.29. The van der Waals surface area contributed by atoms with Crippen molar-refractivity contribution in [2.45, 2.75) is 19.4 Å². The van der Waals surface area contributed by atoms with Crippen LogP contribution in [0.1, 0.15) is 23.7 Å². The number of methoxy groups -OCH3 is 1. The molecule has 108 valence electrons. The van der Waals surface area contributed by atoms with Gasteiger partial charge >= 0.3 is 0 Å². The molecule has 0 N–H and O–H groups in total. The average molecular weight is 331 g/mol. The van der Waals surface area contributed by atoms with Crippen molar-refractivity contribution < 1.29 is 14.2 Å². The zero-order valence-electron chi connectivity index (χ0n) is 11.7. The molecule has 0 spiro atoms. The summed E-state index contributed by atoms with van der Waals surface area (Å²) in [5.41, 5.74) is 2.48. The SMILES string of the molecule is COCCOCCCOC(CBr)c1cccc(C)c1. The van der Waals surface area contributed by atoms with E-state index in [0.717, 1.165) is 11.8 Å². The van der Waals surface area contributed by atoms with Crippen LogP contribution in [-0.2, 0) is 14.2 Å². The molecule has 1 aromatic carbocycles. The van der Waals surface area contributed by atoms with Crippen LogP contribution in [0, 0.1) is 6.92 Å². The predicted octanol–water partition coefficient (Wildman–Crippen LogP) is 3.50. The van der Waals surface area contributed by atoms with E-state index in [-0.39, 0.29) is 6.10 Å². The quantitative estimate of drug-likeness (QED) is 0.485. The van der Waals surface area contributed by atoms with Crippen LogP contribution in [0.5, 0.6) is 0 Å². The maximum atomic E-state index is 5.88. The first-order valence-electron chi connectivity index (χ1n) is 6.58. The Morgan fingerprint density at radius 3 is 2.68 bits per heavy atom. The molecule has 4 heteroatoms. The van der Waals surface area contributed by atoms with Gasteiger partial charge in [-0.05, 0) is 18.9 Å². The van der Waals surface area contributed by atoms with Crippen LogP contribution >= 0.6 is 15.9 Å². The highest BCUT2D eigenvalue weighted by molar-refractivity contribution is 9.09. The van der Waals surface area contributed by atoms with E-state index in [9.17, 15) is 0 Å². The highest BCUT2D eigenvalue weighted by Crippen LogP contribution is 2.20. The van der Waals surface area contributed by atoms with Crippen LogP contribution in [0.3, 0.4) is 0 Å². The summed E-state index contributed by atoms with van der Waals surface area (Å²) >= 11 is 3.51. The molecular weight excluding hydrogens is 308 g/mol. The second-order valence-electron chi connectivity index (χ2n) is 4.39. The number of rotatable bonds is 10. The summed E-state index contributed by atoms with van der Waals surface area (Å²) in [7, 11) is 1.68. The summed E-state index contributed by atoms with van der Waals surface area (Å²) in [6, 6.07) is 8.44. The van der Waals surface area contributed by atoms with Crippen molar-refractivity contribution in [1.29, 1.82) is 0 Å². The van der Waals surface area contributed by atoms with Gasteiger partial charge in [0.15, 0.2) is 0 Å². The monoisotopic (exact) mass is 330 g/mol. The Balaban J connectivity index is 2.22. The van der Waals surface area contributed by atoms with Crippen molar-refractivity contribution >= 4 is 15.9 Å². The molecule has 1 aromatic rings. The molecule has 0 aliphatic rings. The largest absolute Gasteiger partial charge is 0.382 e. The van der Waals surface area contributed by atoms with Crippen molar-refractivity contribution in [3.63, 3.8) is 0 Å². The average Bonchev–Trinajstić information content (AvgIpc) is 2.42. The Morgan fingerprint density at radius 2 is 2.00 bits per heavy atom.